The Labute approximate surface area is 104 Å². The van der Waals surface area contributed by atoms with Gasteiger partial charge in [-0.15, -0.1) is 6.58 Å². The SMILES string of the molecule is C=C(C)C.CC.CC(=O)c1ccc(C=O)cc1. The minimum Gasteiger partial charge on any atom is -0.298 e. The van der Waals surface area contributed by atoms with E-state index in [1.807, 2.05) is 27.7 Å². The van der Waals surface area contributed by atoms with Gasteiger partial charge in [-0.05, 0) is 20.8 Å². The zero-order chi connectivity index (χ0) is 13.8. The number of benzene rings is 1. The highest BCUT2D eigenvalue weighted by Gasteiger charge is 1.96. The Morgan fingerprint density at radius 3 is 1.65 bits per heavy atom. The summed E-state index contributed by atoms with van der Waals surface area (Å²) < 4.78 is 0. The van der Waals surface area contributed by atoms with Gasteiger partial charge in [0.2, 0.25) is 0 Å². The first-order chi connectivity index (χ1) is 7.97. The number of Topliss-reactive ketones (excluding diaryl/α,β-unsaturated/α-hetero) is 1. The monoisotopic (exact) mass is 234 g/mol. The van der Waals surface area contributed by atoms with E-state index in [0.717, 1.165) is 6.29 Å². The third-order valence-corrected chi connectivity index (χ3v) is 1.45. The van der Waals surface area contributed by atoms with Crippen LogP contribution in [0.2, 0.25) is 0 Å². The molecule has 0 fully saturated rings. The van der Waals surface area contributed by atoms with E-state index in [2.05, 4.69) is 6.58 Å². The molecule has 0 aliphatic rings. The largest absolute Gasteiger partial charge is 0.298 e. The summed E-state index contributed by atoms with van der Waals surface area (Å²) in [7, 11) is 0. The van der Waals surface area contributed by atoms with Gasteiger partial charge in [-0.1, -0.05) is 43.7 Å². The topological polar surface area (TPSA) is 34.1 Å². The van der Waals surface area contributed by atoms with Crippen molar-refractivity contribution in [3.8, 4) is 0 Å². The van der Waals surface area contributed by atoms with Gasteiger partial charge in [-0.25, -0.2) is 0 Å². The molecule has 0 saturated heterocycles. The molecule has 0 aliphatic carbocycles. The Balaban J connectivity index is 0. The molecule has 0 amide bonds. The fraction of sp³-hybridized carbons (Fsp3) is 0.333. The molecule has 0 radical (unpaired) electrons. The Morgan fingerprint density at radius 1 is 1.06 bits per heavy atom. The molecule has 0 aromatic heterocycles. The van der Waals surface area contributed by atoms with Crippen LogP contribution < -0.4 is 0 Å². The molecule has 0 unspecified atom stereocenters. The second-order valence-electron chi connectivity index (χ2n) is 3.50. The molecule has 0 saturated carbocycles. The minimum absolute atomic E-state index is 0.0162. The van der Waals surface area contributed by atoms with Crippen LogP contribution in [0.5, 0.6) is 0 Å². The van der Waals surface area contributed by atoms with Gasteiger partial charge in [-0.3, -0.25) is 9.59 Å². The second kappa shape index (κ2) is 10.8. The number of ketones is 1. The molecule has 0 heterocycles. The summed E-state index contributed by atoms with van der Waals surface area (Å²) in [6.45, 7) is 13.0. The first-order valence-corrected chi connectivity index (χ1v) is 5.65. The van der Waals surface area contributed by atoms with Gasteiger partial charge >= 0.3 is 0 Å². The maximum absolute atomic E-state index is 10.8. The fourth-order valence-electron chi connectivity index (χ4n) is 0.796. The molecule has 17 heavy (non-hydrogen) atoms. The molecule has 94 valence electrons. The lowest BCUT2D eigenvalue weighted by atomic mass is 10.1. The first kappa shape index (κ1) is 17.7. The van der Waals surface area contributed by atoms with Gasteiger partial charge in [0, 0.05) is 11.1 Å². The Bertz CT molecular complexity index is 344. The number of hydrogen-bond acceptors (Lipinski definition) is 2. The normalized spacial score (nSPS) is 7.82. The van der Waals surface area contributed by atoms with Crippen LogP contribution >= 0.6 is 0 Å². The van der Waals surface area contributed by atoms with Crippen LogP contribution in [-0.2, 0) is 0 Å². The maximum Gasteiger partial charge on any atom is 0.159 e. The Hall–Kier alpha value is -1.70. The second-order valence-corrected chi connectivity index (χ2v) is 3.50. The van der Waals surface area contributed by atoms with Crippen molar-refractivity contribution in [1.82, 2.24) is 0 Å². The van der Waals surface area contributed by atoms with Gasteiger partial charge < -0.3 is 0 Å². The zero-order valence-corrected chi connectivity index (χ0v) is 11.4. The average molecular weight is 234 g/mol. The lowest BCUT2D eigenvalue weighted by Gasteiger charge is -1.93. The van der Waals surface area contributed by atoms with Gasteiger partial charge in [0.25, 0.3) is 0 Å². The van der Waals surface area contributed by atoms with E-state index in [1.54, 1.807) is 24.3 Å². The lowest BCUT2D eigenvalue weighted by molar-refractivity contribution is 0.101. The smallest absolute Gasteiger partial charge is 0.159 e. The predicted molar refractivity (Wildman–Crippen MR) is 73.7 cm³/mol. The maximum atomic E-state index is 10.8. The van der Waals surface area contributed by atoms with Crippen molar-refractivity contribution in [2.24, 2.45) is 0 Å². The van der Waals surface area contributed by atoms with Crippen LogP contribution in [0.4, 0.5) is 0 Å². The summed E-state index contributed by atoms with van der Waals surface area (Å²) in [6.07, 6.45) is 0.754. The third-order valence-electron chi connectivity index (χ3n) is 1.45. The van der Waals surface area contributed by atoms with E-state index >= 15 is 0 Å². The number of carbonyl (C=O) groups excluding carboxylic acids is 2. The highest BCUT2D eigenvalue weighted by molar-refractivity contribution is 5.94. The van der Waals surface area contributed by atoms with E-state index in [0.29, 0.717) is 11.1 Å². The molecule has 0 atom stereocenters. The van der Waals surface area contributed by atoms with Crippen molar-refractivity contribution in [3.63, 3.8) is 0 Å². The van der Waals surface area contributed by atoms with Crippen molar-refractivity contribution in [2.45, 2.75) is 34.6 Å². The Morgan fingerprint density at radius 2 is 1.41 bits per heavy atom. The summed E-state index contributed by atoms with van der Waals surface area (Å²) in [5, 5.41) is 0. The lowest BCUT2D eigenvalue weighted by Crippen LogP contribution is -1.91. The van der Waals surface area contributed by atoms with Gasteiger partial charge in [0.1, 0.15) is 6.29 Å². The molecule has 1 rings (SSSR count). The van der Waals surface area contributed by atoms with Crippen molar-refractivity contribution < 1.29 is 9.59 Å². The minimum atomic E-state index is 0.0162. The predicted octanol–water partition coefficient (Wildman–Crippen LogP) is 4.31. The first-order valence-electron chi connectivity index (χ1n) is 5.65. The van der Waals surface area contributed by atoms with Gasteiger partial charge in [0.05, 0.1) is 0 Å². The van der Waals surface area contributed by atoms with E-state index in [9.17, 15) is 9.59 Å². The quantitative estimate of drug-likeness (QED) is 0.434. The number of rotatable bonds is 2. The number of aldehydes is 1. The molecule has 0 bridgehead atoms. The van der Waals surface area contributed by atoms with Crippen LogP contribution in [-0.4, -0.2) is 12.1 Å². The molecule has 0 aliphatic heterocycles. The molecular weight excluding hydrogens is 212 g/mol. The van der Waals surface area contributed by atoms with Gasteiger partial charge in [0.15, 0.2) is 5.78 Å². The summed E-state index contributed by atoms with van der Waals surface area (Å²) in [5.74, 6) is 0.0162. The fourth-order valence-corrected chi connectivity index (χ4v) is 0.796. The van der Waals surface area contributed by atoms with Crippen molar-refractivity contribution in [3.05, 3.63) is 47.5 Å². The highest BCUT2D eigenvalue weighted by atomic mass is 16.1. The third kappa shape index (κ3) is 10.6. The van der Waals surface area contributed by atoms with E-state index in [-0.39, 0.29) is 5.78 Å². The average Bonchev–Trinajstić information content (AvgIpc) is 2.31. The summed E-state index contributed by atoms with van der Waals surface area (Å²) in [4.78, 5) is 21.0. The van der Waals surface area contributed by atoms with Gasteiger partial charge in [-0.2, -0.15) is 0 Å². The van der Waals surface area contributed by atoms with Crippen molar-refractivity contribution in [2.75, 3.05) is 0 Å². The molecule has 0 N–H and O–H groups in total. The van der Waals surface area contributed by atoms with Crippen LogP contribution in [0.15, 0.2) is 36.4 Å². The van der Waals surface area contributed by atoms with E-state index in [1.165, 1.54) is 12.5 Å². The molecule has 0 spiro atoms. The number of carbonyl (C=O) groups is 2. The number of hydrogen-bond donors (Lipinski definition) is 0. The molecule has 1 aromatic carbocycles. The van der Waals surface area contributed by atoms with Crippen LogP contribution in [0, 0.1) is 0 Å². The standard InChI is InChI=1S/C9H8O2.C4H8.C2H6/c1-7(11)9-4-2-8(6-10)3-5-9;1-4(2)3;1-2/h2-6H,1H3;1H2,2-3H3;1-2H3. The Kier molecular flexibility index (Phi) is 11.2. The molecule has 1 aromatic rings. The zero-order valence-electron chi connectivity index (χ0n) is 11.4. The van der Waals surface area contributed by atoms with Crippen molar-refractivity contribution >= 4 is 12.1 Å². The summed E-state index contributed by atoms with van der Waals surface area (Å²) in [5.41, 5.74) is 2.39. The van der Waals surface area contributed by atoms with E-state index in [4.69, 9.17) is 0 Å². The highest BCUT2D eigenvalue weighted by Crippen LogP contribution is 2.02. The van der Waals surface area contributed by atoms with E-state index < -0.39 is 0 Å². The summed E-state index contributed by atoms with van der Waals surface area (Å²) >= 11 is 0. The number of allylic oxidation sites excluding steroid dienone is 1. The molecular formula is C15H22O2. The molecule has 2 nitrogen and oxygen atoms in total. The van der Waals surface area contributed by atoms with Crippen LogP contribution in [0.25, 0.3) is 0 Å². The van der Waals surface area contributed by atoms with Crippen LogP contribution in [0.3, 0.4) is 0 Å². The summed E-state index contributed by atoms with van der Waals surface area (Å²) in [6, 6.07) is 6.55. The van der Waals surface area contributed by atoms with Crippen molar-refractivity contribution in [1.29, 1.82) is 0 Å². The van der Waals surface area contributed by atoms with Crippen LogP contribution in [0.1, 0.15) is 55.3 Å². The molecule has 2 heteroatoms.